The molecule has 2 aromatic carbocycles. The molecule has 0 radical (unpaired) electrons. The standard InChI is InChI=1S/C15H8ClFN2O3/c16-10-6-7(17)4-5-8(10)13(20)18-11-3-1-2-9-12(11)15(22)19-14(9)21/h1-6H,(H,18,20)(H,19,21,22). The van der Waals surface area contributed by atoms with Gasteiger partial charge in [0.1, 0.15) is 5.82 Å². The van der Waals surface area contributed by atoms with Crippen molar-refractivity contribution in [2.45, 2.75) is 0 Å². The van der Waals surface area contributed by atoms with Gasteiger partial charge in [-0.15, -0.1) is 0 Å². The number of imide groups is 1. The molecule has 5 nitrogen and oxygen atoms in total. The molecule has 0 fully saturated rings. The molecule has 0 bridgehead atoms. The van der Waals surface area contributed by atoms with Gasteiger partial charge in [0, 0.05) is 0 Å². The van der Waals surface area contributed by atoms with E-state index in [0.29, 0.717) is 0 Å². The molecule has 0 spiro atoms. The zero-order valence-electron chi connectivity index (χ0n) is 10.9. The lowest BCUT2D eigenvalue weighted by atomic mass is 10.1. The van der Waals surface area contributed by atoms with Crippen molar-refractivity contribution in [2.24, 2.45) is 0 Å². The van der Waals surface area contributed by atoms with E-state index in [-0.39, 0.29) is 27.4 Å². The second kappa shape index (κ2) is 5.23. The Kier molecular flexibility index (Phi) is 3.38. The Morgan fingerprint density at radius 1 is 1.14 bits per heavy atom. The fraction of sp³-hybridized carbons (Fsp3) is 0. The summed E-state index contributed by atoms with van der Waals surface area (Å²) >= 11 is 5.83. The number of rotatable bonds is 2. The van der Waals surface area contributed by atoms with Crippen molar-refractivity contribution in [1.82, 2.24) is 5.32 Å². The molecule has 1 aliphatic rings. The van der Waals surface area contributed by atoms with Gasteiger partial charge in [-0.2, -0.15) is 0 Å². The topological polar surface area (TPSA) is 75.3 Å². The van der Waals surface area contributed by atoms with Crippen LogP contribution in [0.1, 0.15) is 31.1 Å². The highest BCUT2D eigenvalue weighted by atomic mass is 35.5. The van der Waals surface area contributed by atoms with Gasteiger partial charge >= 0.3 is 0 Å². The van der Waals surface area contributed by atoms with E-state index < -0.39 is 23.5 Å². The van der Waals surface area contributed by atoms with Gasteiger partial charge in [-0.25, -0.2) is 4.39 Å². The number of amides is 3. The molecule has 0 unspecified atom stereocenters. The van der Waals surface area contributed by atoms with Gasteiger partial charge in [0.15, 0.2) is 0 Å². The summed E-state index contributed by atoms with van der Waals surface area (Å²) < 4.78 is 13.0. The molecule has 0 saturated heterocycles. The summed E-state index contributed by atoms with van der Waals surface area (Å²) in [5.74, 6) is -2.27. The first kappa shape index (κ1) is 14.2. The van der Waals surface area contributed by atoms with Crippen molar-refractivity contribution in [2.75, 3.05) is 5.32 Å². The van der Waals surface area contributed by atoms with Crippen LogP contribution in [0.25, 0.3) is 0 Å². The summed E-state index contributed by atoms with van der Waals surface area (Å²) in [6, 6.07) is 7.87. The van der Waals surface area contributed by atoms with Gasteiger partial charge in [0.2, 0.25) is 0 Å². The number of anilines is 1. The average Bonchev–Trinajstić information content (AvgIpc) is 2.75. The van der Waals surface area contributed by atoms with Crippen LogP contribution >= 0.6 is 11.6 Å². The van der Waals surface area contributed by atoms with Crippen LogP contribution in [-0.2, 0) is 0 Å². The van der Waals surface area contributed by atoms with Gasteiger partial charge in [-0.3, -0.25) is 19.7 Å². The predicted octanol–water partition coefficient (Wildman–Crippen LogP) is 2.62. The number of benzene rings is 2. The first-order valence-electron chi connectivity index (χ1n) is 6.22. The highest BCUT2D eigenvalue weighted by Gasteiger charge is 2.30. The lowest BCUT2D eigenvalue weighted by Crippen LogP contribution is -2.21. The minimum atomic E-state index is -0.606. The number of carbonyl (C=O) groups is 3. The molecule has 0 atom stereocenters. The lowest BCUT2D eigenvalue weighted by molar-refractivity contribution is 0.0879. The number of hydrogen-bond donors (Lipinski definition) is 2. The largest absolute Gasteiger partial charge is 0.321 e. The fourth-order valence-corrected chi connectivity index (χ4v) is 2.44. The third-order valence-electron chi connectivity index (χ3n) is 3.19. The molecule has 0 aromatic heterocycles. The number of hydrogen-bond acceptors (Lipinski definition) is 3. The Balaban J connectivity index is 1.96. The lowest BCUT2D eigenvalue weighted by Gasteiger charge is -2.09. The summed E-state index contributed by atoms with van der Waals surface area (Å²) in [4.78, 5) is 35.5. The minimum absolute atomic E-state index is 0.0504. The normalized spacial score (nSPS) is 12.8. The van der Waals surface area contributed by atoms with Crippen LogP contribution in [0.2, 0.25) is 5.02 Å². The molecule has 3 amide bonds. The highest BCUT2D eigenvalue weighted by Crippen LogP contribution is 2.26. The number of halogens is 2. The quantitative estimate of drug-likeness (QED) is 0.836. The predicted molar refractivity (Wildman–Crippen MR) is 77.6 cm³/mol. The van der Waals surface area contributed by atoms with Gasteiger partial charge in [0.05, 0.1) is 27.4 Å². The van der Waals surface area contributed by atoms with E-state index in [4.69, 9.17) is 11.6 Å². The van der Waals surface area contributed by atoms with Crippen LogP contribution in [-0.4, -0.2) is 17.7 Å². The van der Waals surface area contributed by atoms with Crippen LogP contribution < -0.4 is 10.6 Å². The van der Waals surface area contributed by atoms with Crippen LogP contribution in [0.3, 0.4) is 0 Å². The number of fused-ring (bicyclic) bond motifs is 1. The van der Waals surface area contributed by atoms with E-state index in [1.54, 1.807) is 6.07 Å². The van der Waals surface area contributed by atoms with Gasteiger partial charge in [-0.1, -0.05) is 17.7 Å². The smallest absolute Gasteiger partial charge is 0.261 e. The summed E-state index contributed by atoms with van der Waals surface area (Å²) in [7, 11) is 0. The zero-order chi connectivity index (χ0) is 15.9. The molecule has 7 heteroatoms. The van der Waals surface area contributed by atoms with Crippen molar-refractivity contribution in [1.29, 1.82) is 0 Å². The molecule has 22 heavy (non-hydrogen) atoms. The van der Waals surface area contributed by atoms with Crippen molar-refractivity contribution in [3.8, 4) is 0 Å². The Bertz CT molecular complexity index is 836. The summed E-state index contributed by atoms with van der Waals surface area (Å²) in [6.45, 7) is 0. The minimum Gasteiger partial charge on any atom is -0.321 e. The average molecular weight is 319 g/mol. The van der Waals surface area contributed by atoms with Crippen molar-refractivity contribution >= 4 is 35.0 Å². The molecule has 3 rings (SSSR count). The summed E-state index contributed by atoms with van der Waals surface area (Å²) in [5, 5.41) is 4.61. The monoisotopic (exact) mass is 318 g/mol. The molecule has 1 heterocycles. The third kappa shape index (κ3) is 2.33. The van der Waals surface area contributed by atoms with Crippen LogP contribution in [0.4, 0.5) is 10.1 Å². The van der Waals surface area contributed by atoms with Crippen LogP contribution in [0.5, 0.6) is 0 Å². The second-order valence-corrected chi connectivity index (χ2v) is 5.00. The van der Waals surface area contributed by atoms with E-state index in [1.807, 2.05) is 0 Å². The second-order valence-electron chi connectivity index (χ2n) is 4.59. The Labute approximate surface area is 129 Å². The first-order chi connectivity index (χ1) is 10.5. The molecule has 0 saturated carbocycles. The van der Waals surface area contributed by atoms with Crippen molar-refractivity contribution < 1.29 is 18.8 Å². The zero-order valence-corrected chi connectivity index (χ0v) is 11.7. The molecule has 2 aromatic rings. The maximum absolute atomic E-state index is 13.0. The molecular formula is C15H8ClFN2O3. The Morgan fingerprint density at radius 3 is 2.64 bits per heavy atom. The number of nitrogens with one attached hydrogen (secondary N) is 2. The molecular weight excluding hydrogens is 311 g/mol. The Morgan fingerprint density at radius 2 is 1.91 bits per heavy atom. The summed E-state index contributed by atoms with van der Waals surface area (Å²) in [5.41, 5.74) is 0.531. The van der Waals surface area contributed by atoms with E-state index in [2.05, 4.69) is 10.6 Å². The van der Waals surface area contributed by atoms with Crippen molar-refractivity contribution in [3.63, 3.8) is 0 Å². The fourth-order valence-electron chi connectivity index (χ4n) is 2.19. The SMILES string of the molecule is O=C(Nc1cccc2c1C(=O)NC2=O)c1ccc(F)cc1Cl. The maximum Gasteiger partial charge on any atom is 0.261 e. The third-order valence-corrected chi connectivity index (χ3v) is 3.50. The van der Waals surface area contributed by atoms with Crippen molar-refractivity contribution in [3.05, 3.63) is 63.9 Å². The summed E-state index contributed by atoms with van der Waals surface area (Å²) in [6.07, 6.45) is 0. The Hall–Kier alpha value is -2.73. The molecule has 1 aliphatic heterocycles. The van der Waals surface area contributed by atoms with Gasteiger partial charge in [0.25, 0.3) is 17.7 Å². The maximum atomic E-state index is 13.0. The first-order valence-corrected chi connectivity index (χ1v) is 6.60. The van der Waals surface area contributed by atoms with Gasteiger partial charge in [-0.05, 0) is 30.3 Å². The molecule has 2 N–H and O–H groups in total. The molecule has 0 aliphatic carbocycles. The van der Waals surface area contributed by atoms with E-state index >= 15 is 0 Å². The molecule has 110 valence electrons. The number of carbonyl (C=O) groups excluding carboxylic acids is 3. The van der Waals surface area contributed by atoms with Crippen LogP contribution in [0.15, 0.2) is 36.4 Å². The highest BCUT2D eigenvalue weighted by molar-refractivity contribution is 6.34. The van der Waals surface area contributed by atoms with E-state index in [1.165, 1.54) is 18.2 Å². The van der Waals surface area contributed by atoms with E-state index in [9.17, 15) is 18.8 Å². The van der Waals surface area contributed by atoms with E-state index in [0.717, 1.165) is 12.1 Å². The van der Waals surface area contributed by atoms with Crippen LogP contribution in [0, 0.1) is 5.82 Å². The van der Waals surface area contributed by atoms with Gasteiger partial charge < -0.3 is 5.32 Å².